The van der Waals surface area contributed by atoms with Gasteiger partial charge in [-0.1, -0.05) is 44.7 Å². The highest BCUT2D eigenvalue weighted by atomic mass is 79.9. The Morgan fingerprint density at radius 3 is 2.29 bits per heavy atom. The van der Waals surface area contributed by atoms with Crippen LogP contribution in [-0.2, 0) is 0 Å². The number of carbonyl (C=O) groups excluding carboxylic acids is 1. The third-order valence-corrected chi connectivity index (χ3v) is 4.34. The molecule has 0 aliphatic heterocycles. The maximum Gasteiger partial charge on any atom is 0.163 e. The number of likely N-dealkylation sites (N-methyl/N-ethyl adjacent to an activating group) is 1. The van der Waals surface area contributed by atoms with E-state index in [1.54, 1.807) is 6.92 Å². The fourth-order valence-corrected chi connectivity index (χ4v) is 2.72. The quantitative estimate of drug-likeness (QED) is 0.303. The van der Waals surface area contributed by atoms with E-state index in [1.165, 1.54) is 45.1 Å². The summed E-state index contributed by atoms with van der Waals surface area (Å²) in [6.45, 7) is 6.63. The van der Waals surface area contributed by atoms with Crippen molar-refractivity contribution < 1.29 is 31.0 Å². The van der Waals surface area contributed by atoms with Crippen LogP contribution in [0.1, 0.15) is 62.7 Å². The van der Waals surface area contributed by atoms with E-state index in [1.807, 2.05) is 24.3 Å². The first kappa shape index (κ1) is 23.1. The van der Waals surface area contributed by atoms with E-state index in [2.05, 4.69) is 21.0 Å². The number of ether oxygens (including phenoxy) is 1. The molecular formula is C20H34BrNO2. The minimum atomic E-state index is 0. The Labute approximate surface area is 158 Å². The number of unbranched alkanes of at least 4 members (excludes halogenated alkanes) is 5. The molecule has 0 heterocycles. The smallest absolute Gasteiger partial charge is 0.163 e. The van der Waals surface area contributed by atoms with Crippen molar-refractivity contribution in [3.05, 3.63) is 29.8 Å². The first-order chi connectivity index (χ1) is 11.0. The molecule has 1 aromatic carbocycles. The first-order valence-electron chi connectivity index (χ1n) is 9.01. The summed E-state index contributed by atoms with van der Waals surface area (Å²) in [5.74, 6) is 0.765. The van der Waals surface area contributed by atoms with Crippen LogP contribution in [0.25, 0.3) is 0 Å². The summed E-state index contributed by atoms with van der Waals surface area (Å²) >= 11 is 0. The third-order valence-electron chi connectivity index (χ3n) is 4.34. The van der Waals surface area contributed by atoms with Crippen LogP contribution in [-0.4, -0.2) is 44.1 Å². The number of ketones is 1. The molecule has 1 rings (SSSR count). The molecule has 0 saturated heterocycles. The van der Waals surface area contributed by atoms with Crippen molar-refractivity contribution in [2.45, 2.75) is 52.4 Å². The van der Waals surface area contributed by atoms with E-state index in [0.717, 1.165) is 11.0 Å². The number of para-hydroxylation sites is 1. The minimum absolute atomic E-state index is 0. The molecule has 0 aliphatic rings. The van der Waals surface area contributed by atoms with Gasteiger partial charge >= 0.3 is 0 Å². The average molecular weight is 400 g/mol. The zero-order chi connectivity index (χ0) is 17.1. The van der Waals surface area contributed by atoms with Crippen LogP contribution < -0.4 is 21.7 Å². The normalized spacial score (nSPS) is 11.0. The largest absolute Gasteiger partial charge is 1.00 e. The second-order valence-corrected chi connectivity index (χ2v) is 7.05. The fourth-order valence-electron chi connectivity index (χ4n) is 2.72. The summed E-state index contributed by atoms with van der Waals surface area (Å²) in [6.07, 6.45) is 8.00. The van der Waals surface area contributed by atoms with Crippen molar-refractivity contribution in [3.8, 4) is 5.75 Å². The number of carbonyl (C=O) groups is 1. The zero-order valence-corrected chi connectivity index (χ0v) is 17.4. The molecule has 0 atom stereocenters. The van der Waals surface area contributed by atoms with Gasteiger partial charge in [0.15, 0.2) is 5.78 Å². The van der Waals surface area contributed by atoms with E-state index >= 15 is 0 Å². The summed E-state index contributed by atoms with van der Waals surface area (Å²) in [5.41, 5.74) is 0.675. The number of Topliss-reactive ketones (excluding diaryl/α,β-unsaturated/α-hetero) is 1. The van der Waals surface area contributed by atoms with Crippen LogP contribution in [0.5, 0.6) is 5.75 Å². The minimum Gasteiger partial charge on any atom is -1.00 e. The van der Waals surface area contributed by atoms with Gasteiger partial charge in [0.25, 0.3) is 0 Å². The van der Waals surface area contributed by atoms with E-state index in [-0.39, 0.29) is 22.8 Å². The van der Waals surface area contributed by atoms with Gasteiger partial charge < -0.3 is 26.2 Å². The maximum absolute atomic E-state index is 11.6. The lowest BCUT2D eigenvalue weighted by Gasteiger charge is -2.29. The Bertz CT molecular complexity index is 474. The first-order valence-corrected chi connectivity index (χ1v) is 9.01. The molecule has 0 bridgehead atoms. The number of benzene rings is 1. The molecule has 3 nitrogen and oxygen atoms in total. The monoisotopic (exact) mass is 399 g/mol. The van der Waals surface area contributed by atoms with Gasteiger partial charge in [0.2, 0.25) is 0 Å². The predicted octanol–water partition coefficient (Wildman–Crippen LogP) is 1.71. The highest BCUT2D eigenvalue weighted by Gasteiger charge is 2.15. The van der Waals surface area contributed by atoms with Crippen molar-refractivity contribution in [3.63, 3.8) is 0 Å². The van der Waals surface area contributed by atoms with Gasteiger partial charge in [-0.3, -0.25) is 4.79 Å². The third kappa shape index (κ3) is 9.43. The molecule has 0 unspecified atom stereocenters. The van der Waals surface area contributed by atoms with Crippen LogP contribution in [0, 0.1) is 0 Å². The molecular weight excluding hydrogens is 366 g/mol. The van der Waals surface area contributed by atoms with Gasteiger partial charge in [-0.2, -0.15) is 0 Å². The molecule has 24 heavy (non-hydrogen) atoms. The molecule has 0 saturated carbocycles. The Balaban J connectivity index is 0.00000529. The molecule has 0 aromatic heterocycles. The van der Waals surface area contributed by atoms with Crippen LogP contribution in [0.3, 0.4) is 0 Å². The van der Waals surface area contributed by atoms with Gasteiger partial charge in [0.05, 0.1) is 26.2 Å². The van der Waals surface area contributed by atoms with Crippen LogP contribution >= 0.6 is 0 Å². The zero-order valence-electron chi connectivity index (χ0n) is 15.8. The van der Waals surface area contributed by atoms with Gasteiger partial charge in [-0.15, -0.1) is 0 Å². The lowest BCUT2D eigenvalue weighted by molar-refractivity contribution is -0.890. The molecule has 1 aromatic rings. The second kappa shape index (κ2) is 12.5. The Morgan fingerprint density at radius 1 is 1.00 bits per heavy atom. The summed E-state index contributed by atoms with van der Waals surface area (Å²) in [6, 6.07) is 7.50. The lowest BCUT2D eigenvalue weighted by Crippen LogP contribution is -3.00. The summed E-state index contributed by atoms with van der Waals surface area (Å²) in [4.78, 5) is 11.6. The van der Waals surface area contributed by atoms with Gasteiger partial charge in [0.1, 0.15) is 18.9 Å². The number of nitrogens with zero attached hydrogens (tertiary/aromatic N) is 1. The van der Waals surface area contributed by atoms with E-state index in [0.29, 0.717) is 17.9 Å². The summed E-state index contributed by atoms with van der Waals surface area (Å²) in [7, 11) is 4.51. The van der Waals surface area contributed by atoms with Crippen LogP contribution in [0.2, 0.25) is 0 Å². The second-order valence-electron chi connectivity index (χ2n) is 7.05. The molecule has 0 fully saturated rings. The maximum atomic E-state index is 11.6. The predicted molar refractivity (Wildman–Crippen MR) is 97.2 cm³/mol. The van der Waals surface area contributed by atoms with Crippen molar-refractivity contribution in [1.29, 1.82) is 0 Å². The van der Waals surface area contributed by atoms with Gasteiger partial charge in [-0.25, -0.2) is 0 Å². The van der Waals surface area contributed by atoms with E-state index in [4.69, 9.17) is 4.74 Å². The molecule has 0 spiro atoms. The van der Waals surface area contributed by atoms with Gasteiger partial charge in [-0.05, 0) is 31.9 Å². The summed E-state index contributed by atoms with van der Waals surface area (Å²) in [5, 5.41) is 0. The Morgan fingerprint density at radius 2 is 1.62 bits per heavy atom. The molecule has 4 heteroatoms. The van der Waals surface area contributed by atoms with E-state index in [9.17, 15) is 4.79 Å². The molecule has 0 N–H and O–H groups in total. The van der Waals surface area contributed by atoms with Crippen molar-refractivity contribution in [2.75, 3.05) is 33.8 Å². The number of rotatable bonds is 12. The topological polar surface area (TPSA) is 26.3 Å². The SMILES string of the molecule is CCCCCCCC[N+](C)(C)CCOc1ccccc1C(C)=O.[Br-]. The highest BCUT2D eigenvalue weighted by Crippen LogP contribution is 2.18. The standard InChI is InChI=1S/C20H34NO2.BrH/c1-5-6-7-8-9-12-15-21(3,4)16-17-23-20-14-11-10-13-19(20)18(2)22;/h10-11,13-14H,5-9,12,15-17H2,1-4H3;1H/q+1;/p-1. The van der Waals surface area contributed by atoms with E-state index < -0.39 is 0 Å². The van der Waals surface area contributed by atoms with Crippen LogP contribution in [0.4, 0.5) is 0 Å². The fraction of sp³-hybridized carbons (Fsp3) is 0.650. The highest BCUT2D eigenvalue weighted by molar-refractivity contribution is 5.96. The van der Waals surface area contributed by atoms with Crippen LogP contribution in [0.15, 0.2) is 24.3 Å². The molecule has 138 valence electrons. The number of hydrogen-bond acceptors (Lipinski definition) is 2. The molecule has 0 amide bonds. The average Bonchev–Trinajstić information content (AvgIpc) is 2.51. The lowest BCUT2D eigenvalue weighted by atomic mass is 10.1. The van der Waals surface area contributed by atoms with Gasteiger partial charge in [0, 0.05) is 0 Å². The molecule has 0 radical (unpaired) electrons. The van der Waals surface area contributed by atoms with Crippen molar-refractivity contribution in [2.24, 2.45) is 0 Å². The van der Waals surface area contributed by atoms with Crippen molar-refractivity contribution in [1.82, 2.24) is 0 Å². The Kier molecular flexibility index (Phi) is 12.0. The number of hydrogen-bond donors (Lipinski definition) is 0. The van der Waals surface area contributed by atoms with Crippen molar-refractivity contribution >= 4 is 5.78 Å². The Hall–Kier alpha value is -0.870. The summed E-state index contributed by atoms with van der Waals surface area (Å²) < 4.78 is 6.83. The number of quaternary nitrogens is 1. The molecule has 0 aliphatic carbocycles. The number of halogens is 1.